The molecular formula is C15H21NO3. The third-order valence-electron chi connectivity index (χ3n) is 2.87. The van der Waals surface area contributed by atoms with Crippen LogP contribution in [0.3, 0.4) is 0 Å². The maximum atomic E-state index is 12.1. The minimum Gasteiger partial charge on any atom is -0.460 e. The minimum absolute atomic E-state index is 0.200. The number of Topliss-reactive ketones (excluding diaryl/α,β-unsaturated/α-hetero) is 1. The monoisotopic (exact) mass is 263 g/mol. The van der Waals surface area contributed by atoms with Gasteiger partial charge in [0.1, 0.15) is 0 Å². The smallest absolute Gasteiger partial charge is 0.379 e. The fraction of sp³-hybridized carbons (Fsp3) is 0.467. The zero-order valence-corrected chi connectivity index (χ0v) is 12.2. The van der Waals surface area contributed by atoms with E-state index in [1.807, 2.05) is 45.0 Å². The van der Waals surface area contributed by atoms with Crippen LogP contribution in [-0.2, 0) is 9.53 Å². The van der Waals surface area contributed by atoms with Gasteiger partial charge in [0.2, 0.25) is 0 Å². The van der Waals surface area contributed by atoms with Crippen LogP contribution in [0.15, 0.2) is 18.2 Å². The molecule has 1 aromatic carbocycles. The Labute approximate surface area is 114 Å². The lowest BCUT2D eigenvalue weighted by molar-refractivity contribution is -0.137. The standard InChI is InChI=1S/C15H21NO3/c1-6-19-15(18)14(17)12-9-11(10(2)3)7-8-13(12)16(4)5/h7-10H,6H2,1-5H3. The Morgan fingerprint density at radius 3 is 2.37 bits per heavy atom. The van der Waals surface area contributed by atoms with Gasteiger partial charge < -0.3 is 9.64 Å². The number of hydrogen-bond acceptors (Lipinski definition) is 4. The Morgan fingerprint density at radius 1 is 1.26 bits per heavy atom. The van der Waals surface area contributed by atoms with Crippen molar-refractivity contribution in [3.63, 3.8) is 0 Å². The number of carbonyl (C=O) groups excluding carboxylic acids is 2. The summed E-state index contributed by atoms with van der Waals surface area (Å²) >= 11 is 0. The van der Waals surface area contributed by atoms with Crippen molar-refractivity contribution >= 4 is 17.4 Å². The van der Waals surface area contributed by atoms with E-state index in [1.54, 1.807) is 13.0 Å². The Hall–Kier alpha value is -1.84. The van der Waals surface area contributed by atoms with Gasteiger partial charge in [-0.1, -0.05) is 19.9 Å². The molecule has 0 spiro atoms. The second-order valence-electron chi connectivity index (χ2n) is 4.88. The molecule has 0 atom stereocenters. The largest absolute Gasteiger partial charge is 0.460 e. The first-order chi connectivity index (χ1) is 8.88. The second kappa shape index (κ2) is 6.36. The molecule has 0 amide bonds. The average molecular weight is 263 g/mol. The first-order valence-electron chi connectivity index (χ1n) is 6.41. The molecule has 0 saturated carbocycles. The van der Waals surface area contributed by atoms with E-state index < -0.39 is 11.8 Å². The van der Waals surface area contributed by atoms with E-state index in [0.717, 1.165) is 11.3 Å². The molecule has 0 aliphatic heterocycles. The molecule has 4 heteroatoms. The molecular weight excluding hydrogens is 242 g/mol. The zero-order valence-electron chi connectivity index (χ0n) is 12.2. The molecule has 0 saturated heterocycles. The summed E-state index contributed by atoms with van der Waals surface area (Å²) < 4.78 is 4.79. The molecule has 0 aromatic heterocycles. The van der Waals surface area contributed by atoms with Crippen molar-refractivity contribution in [1.82, 2.24) is 0 Å². The van der Waals surface area contributed by atoms with Crippen molar-refractivity contribution < 1.29 is 14.3 Å². The summed E-state index contributed by atoms with van der Waals surface area (Å²) in [6.07, 6.45) is 0. The Kier molecular flexibility index (Phi) is 5.10. The zero-order chi connectivity index (χ0) is 14.6. The van der Waals surface area contributed by atoms with Gasteiger partial charge in [-0.15, -0.1) is 0 Å². The van der Waals surface area contributed by atoms with Crippen LogP contribution in [0, 0.1) is 0 Å². The highest BCUT2D eigenvalue weighted by Gasteiger charge is 2.22. The highest BCUT2D eigenvalue weighted by molar-refractivity contribution is 6.41. The molecule has 19 heavy (non-hydrogen) atoms. The molecule has 0 radical (unpaired) electrons. The highest BCUT2D eigenvalue weighted by atomic mass is 16.5. The van der Waals surface area contributed by atoms with Gasteiger partial charge in [0.25, 0.3) is 5.78 Å². The molecule has 0 aliphatic carbocycles. The van der Waals surface area contributed by atoms with E-state index in [0.29, 0.717) is 11.5 Å². The fourth-order valence-corrected chi connectivity index (χ4v) is 1.79. The summed E-state index contributed by atoms with van der Waals surface area (Å²) in [7, 11) is 3.68. The maximum absolute atomic E-state index is 12.1. The number of ether oxygens (including phenoxy) is 1. The van der Waals surface area contributed by atoms with Crippen LogP contribution in [0.25, 0.3) is 0 Å². The molecule has 0 unspecified atom stereocenters. The SMILES string of the molecule is CCOC(=O)C(=O)c1cc(C(C)C)ccc1N(C)C. The van der Waals surface area contributed by atoms with Gasteiger partial charge in [-0.3, -0.25) is 4.79 Å². The van der Waals surface area contributed by atoms with Crippen molar-refractivity contribution in [1.29, 1.82) is 0 Å². The van der Waals surface area contributed by atoms with Crippen molar-refractivity contribution in [2.24, 2.45) is 0 Å². The molecule has 0 N–H and O–H groups in total. The van der Waals surface area contributed by atoms with E-state index in [1.165, 1.54) is 0 Å². The summed E-state index contributed by atoms with van der Waals surface area (Å²) in [5.41, 5.74) is 2.15. The maximum Gasteiger partial charge on any atom is 0.379 e. The van der Waals surface area contributed by atoms with Gasteiger partial charge in [0.15, 0.2) is 0 Å². The van der Waals surface area contributed by atoms with Gasteiger partial charge in [-0.2, -0.15) is 0 Å². The molecule has 0 aliphatic rings. The number of ketones is 1. The van der Waals surface area contributed by atoms with Gasteiger partial charge in [-0.05, 0) is 30.5 Å². The van der Waals surface area contributed by atoms with Crippen molar-refractivity contribution in [2.75, 3.05) is 25.6 Å². The lowest BCUT2D eigenvalue weighted by atomic mass is 9.97. The predicted molar refractivity (Wildman–Crippen MR) is 75.8 cm³/mol. The van der Waals surface area contributed by atoms with Gasteiger partial charge >= 0.3 is 5.97 Å². The quantitative estimate of drug-likeness (QED) is 0.465. The number of nitrogens with zero attached hydrogens (tertiary/aromatic N) is 1. The van der Waals surface area contributed by atoms with Crippen LogP contribution >= 0.6 is 0 Å². The van der Waals surface area contributed by atoms with Crippen LogP contribution in [-0.4, -0.2) is 32.5 Å². The van der Waals surface area contributed by atoms with Crippen molar-refractivity contribution in [2.45, 2.75) is 26.7 Å². The lowest BCUT2D eigenvalue weighted by Gasteiger charge is -2.18. The molecule has 1 rings (SSSR count). The van der Waals surface area contributed by atoms with E-state index in [2.05, 4.69) is 0 Å². The fourth-order valence-electron chi connectivity index (χ4n) is 1.79. The molecule has 0 heterocycles. The summed E-state index contributed by atoms with van der Waals surface area (Å²) in [4.78, 5) is 25.6. The Balaban J connectivity index is 3.24. The minimum atomic E-state index is -0.800. The predicted octanol–water partition coefficient (Wildman–Crippen LogP) is 2.62. The average Bonchev–Trinajstić information content (AvgIpc) is 2.37. The second-order valence-corrected chi connectivity index (χ2v) is 4.88. The molecule has 0 fully saturated rings. The normalized spacial score (nSPS) is 10.4. The third-order valence-corrected chi connectivity index (χ3v) is 2.87. The summed E-state index contributed by atoms with van der Waals surface area (Å²) in [5.74, 6) is -1.09. The summed E-state index contributed by atoms with van der Waals surface area (Å²) in [5, 5.41) is 0. The summed E-state index contributed by atoms with van der Waals surface area (Å²) in [6.45, 7) is 5.97. The first kappa shape index (κ1) is 15.2. The van der Waals surface area contributed by atoms with Crippen molar-refractivity contribution in [3.05, 3.63) is 29.3 Å². The number of esters is 1. The number of anilines is 1. The molecule has 4 nitrogen and oxygen atoms in total. The lowest BCUT2D eigenvalue weighted by Crippen LogP contribution is -2.21. The number of hydrogen-bond donors (Lipinski definition) is 0. The van der Waals surface area contributed by atoms with Crippen LogP contribution in [0.4, 0.5) is 5.69 Å². The van der Waals surface area contributed by atoms with Crippen LogP contribution in [0.5, 0.6) is 0 Å². The van der Waals surface area contributed by atoms with Crippen LogP contribution in [0.1, 0.15) is 42.6 Å². The topological polar surface area (TPSA) is 46.6 Å². The van der Waals surface area contributed by atoms with Crippen LogP contribution in [0.2, 0.25) is 0 Å². The molecule has 104 valence electrons. The van der Waals surface area contributed by atoms with E-state index in [4.69, 9.17) is 4.74 Å². The third kappa shape index (κ3) is 3.56. The Morgan fingerprint density at radius 2 is 1.89 bits per heavy atom. The number of benzene rings is 1. The van der Waals surface area contributed by atoms with E-state index in [9.17, 15) is 9.59 Å². The van der Waals surface area contributed by atoms with Gasteiger partial charge in [0, 0.05) is 19.8 Å². The highest BCUT2D eigenvalue weighted by Crippen LogP contribution is 2.25. The number of rotatable bonds is 5. The number of carbonyl (C=O) groups is 2. The van der Waals surface area contributed by atoms with Crippen molar-refractivity contribution in [3.8, 4) is 0 Å². The van der Waals surface area contributed by atoms with Crippen LogP contribution < -0.4 is 4.90 Å². The van der Waals surface area contributed by atoms with Gasteiger partial charge in [0.05, 0.1) is 12.2 Å². The van der Waals surface area contributed by atoms with E-state index >= 15 is 0 Å². The Bertz CT molecular complexity index is 478. The first-order valence-corrected chi connectivity index (χ1v) is 6.41. The summed E-state index contributed by atoms with van der Waals surface area (Å²) in [6, 6.07) is 5.61. The van der Waals surface area contributed by atoms with Gasteiger partial charge in [-0.25, -0.2) is 4.79 Å². The molecule has 1 aromatic rings. The van der Waals surface area contributed by atoms with E-state index in [-0.39, 0.29) is 6.61 Å². The molecule has 0 bridgehead atoms.